The number of aliphatic hydroxyl groups is 1. The van der Waals surface area contributed by atoms with Gasteiger partial charge in [0.25, 0.3) is 0 Å². The van der Waals surface area contributed by atoms with Gasteiger partial charge in [-0.15, -0.1) is 0 Å². The quantitative estimate of drug-likeness (QED) is 0.285. The van der Waals surface area contributed by atoms with E-state index in [-0.39, 0.29) is 24.2 Å². The summed E-state index contributed by atoms with van der Waals surface area (Å²) in [4.78, 5) is 27.2. The third-order valence-corrected chi connectivity index (χ3v) is 6.95. The number of urea groups is 1. The molecular formula is C26H35N7O2S. The molecule has 2 aromatic heterocycles. The SMILES string of the molecule is CCNC(=O)NCc1ccccc1-c1cc(-c2cnc(NC(C)C)s2)nc(NC2CCC(O)CC2)n1. The van der Waals surface area contributed by atoms with E-state index in [2.05, 4.69) is 40.1 Å². The fourth-order valence-corrected chi connectivity index (χ4v) is 5.13. The number of hydrogen-bond donors (Lipinski definition) is 5. The summed E-state index contributed by atoms with van der Waals surface area (Å²) in [5, 5.41) is 23.3. The highest BCUT2D eigenvalue weighted by molar-refractivity contribution is 7.18. The molecule has 0 unspecified atom stereocenters. The standard InChI is InChI=1S/C26H35N7O2S/c1-4-27-25(35)28-14-17-7-5-6-8-20(17)21-13-22(23-15-29-26(36-23)30-16(2)3)33-24(32-21)31-18-9-11-19(34)12-10-18/h5-8,13,15-16,18-19,34H,4,9-12,14H2,1-3H3,(H,29,30)(H2,27,28,35)(H,31,32,33). The zero-order valence-electron chi connectivity index (χ0n) is 21.0. The van der Waals surface area contributed by atoms with Gasteiger partial charge in [-0.25, -0.2) is 19.7 Å². The van der Waals surface area contributed by atoms with E-state index in [1.165, 1.54) is 0 Å². The molecule has 1 aliphatic rings. The lowest BCUT2D eigenvalue weighted by Gasteiger charge is -2.26. The fourth-order valence-electron chi connectivity index (χ4n) is 4.21. The molecule has 0 saturated heterocycles. The lowest BCUT2D eigenvalue weighted by atomic mass is 9.93. The number of carbonyl (C=O) groups excluding carboxylic acids is 1. The van der Waals surface area contributed by atoms with E-state index in [1.807, 2.05) is 43.5 Å². The second-order valence-electron chi connectivity index (χ2n) is 9.31. The first-order valence-corrected chi connectivity index (χ1v) is 13.4. The minimum atomic E-state index is -0.223. The van der Waals surface area contributed by atoms with E-state index < -0.39 is 0 Å². The van der Waals surface area contributed by atoms with Gasteiger partial charge in [-0.3, -0.25) is 0 Å². The fraction of sp³-hybridized carbons (Fsp3) is 0.462. The minimum Gasteiger partial charge on any atom is -0.393 e. The van der Waals surface area contributed by atoms with Gasteiger partial charge in [-0.2, -0.15) is 0 Å². The molecule has 1 saturated carbocycles. The second-order valence-corrected chi connectivity index (χ2v) is 10.3. The number of anilines is 2. The maximum absolute atomic E-state index is 12.0. The van der Waals surface area contributed by atoms with Crippen molar-refractivity contribution < 1.29 is 9.90 Å². The van der Waals surface area contributed by atoms with Crippen molar-refractivity contribution in [2.75, 3.05) is 17.2 Å². The van der Waals surface area contributed by atoms with Gasteiger partial charge in [-0.05, 0) is 58.1 Å². The van der Waals surface area contributed by atoms with Crippen LogP contribution in [-0.4, -0.2) is 50.8 Å². The Morgan fingerprint density at radius 1 is 1.11 bits per heavy atom. The number of aliphatic hydroxyl groups excluding tert-OH is 1. The summed E-state index contributed by atoms with van der Waals surface area (Å²) in [7, 11) is 0. The average Bonchev–Trinajstić information content (AvgIpc) is 3.32. The number of thiazole rings is 1. The van der Waals surface area contributed by atoms with Crippen LogP contribution in [0.1, 0.15) is 52.0 Å². The molecule has 0 spiro atoms. The van der Waals surface area contributed by atoms with Gasteiger partial charge in [0.2, 0.25) is 5.95 Å². The number of nitrogens with one attached hydrogen (secondary N) is 4. The van der Waals surface area contributed by atoms with Crippen molar-refractivity contribution in [3.05, 3.63) is 42.1 Å². The van der Waals surface area contributed by atoms with Crippen molar-refractivity contribution in [3.8, 4) is 21.8 Å². The summed E-state index contributed by atoms with van der Waals surface area (Å²) in [5.74, 6) is 0.558. The van der Waals surface area contributed by atoms with Crippen LogP contribution in [0.25, 0.3) is 21.8 Å². The zero-order valence-corrected chi connectivity index (χ0v) is 21.9. The Bertz CT molecular complexity index is 1160. The molecular weight excluding hydrogens is 474 g/mol. The van der Waals surface area contributed by atoms with Crippen LogP contribution in [0.3, 0.4) is 0 Å². The smallest absolute Gasteiger partial charge is 0.315 e. The molecule has 10 heteroatoms. The van der Waals surface area contributed by atoms with Crippen LogP contribution in [-0.2, 0) is 6.54 Å². The van der Waals surface area contributed by atoms with Crippen molar-refractivity contribution >= 4 is 28.4 Å². The van der Waals surface area contributed by atoms with Crippen LogP contribution in [0, 0.1) is 0 Å². The van der Waals surface area contributed by atoms with Crippen molar-refractivity contribution in [1.82, 2.24) is 25.6 Å². The Hall–Kier alpha value is -3.24. The molecule has 2 amide bonds. The number of benzene rings is 1. The summed E-state index contributed by atoms with van der Waals surface area (Å²) in [6, 6.07) is 10.2. The number of rotatable bonds is 9. The number of hydrogen-bond acceptors (Lipinski definition) is 8. The van der Waals surface area contributed by atoms with Gasteiger partial charge in [-0.1, -0.05) is 35.6 Å². The molecule has 0 atom stereocenters. The Labute approximate surface area is 216 Å². The molecule has 36 heavy (non-hydrogen) atoms. The van der Waals surface area contributed by atoms with Crippen molar-refractivity contribution in [1.29, 1.82) is 0 Å². The Morgan fingerprint density at radius 2 is 1.86 bits per heavy atom. The van der Waals surface area contributed by atoms with Gasteiger partial charge in [0.15, 0.2) is 5.13 Å². The van der Waals surface area contributed by atoms with Crippen LogP contribution in [0.5, 0.6) is 0 Å². The van der Waals surface area contributed by atoms with Crippen LogP contribution < -0.4 is 21.3 Å². The predicted molar refractivity (Wildman–Crippen MR) is 145 cm³/mol. The van der Waals surface area contributed by atoms with Gasteiger partial charge in [0, 0.05) is 36.9 Å². The largest absolute Gasteiger partial charge is 0.393 e. The molecule has 4 rings (SSSR count). The highest BCUT2D eigenvalue weighted by Crippen LogP contribution is 2.33. The van der Waals surface area contributed by atoms with E-state index >= 15 is 0 Å². The van der Waals surface area contributed by atoms with E-state index in [1.54, 1.807) is 11.3 Å². The van der Waals surface area contributed by atoms with Crippen LogP contribution in [0.15, 0.2) is 36.5 Å². The normalized spacial score (nSPS) is 17.6. The first kappa shape index (κ1) is 25.8. The van der Waals surface area contributed by atoms with Crippen LogP contribution >= 0.6 is 11.3 Å². The van der Waals surface area contributed by atoms with E-state index in [4.69, 9.17) is 9.97 Å². The molecule has 0 bridgehead atoms. The molecule has 1 aliphatic carbocycles. The first-order valence-electron chi connectivity index (χ1n) is 12.6. The zero-order chi connectivity index (χ0) is 25.5. The molecule has 5 N–H and O–H groups in total. The lowest BCUT2D eigenvalue weighted by molar-refractivity contribution is 0.126. The Morgan fingerprint density at radius 3 is 2.61 bits per heavy atom. The molecule has 0 aliphatic heterocycles. The number of amides is 2. The van der Waals surface area contributed by atoms with Crippen molar-refractivity contribution in [3.63, 3.8) is 0 Å². The summed E-state index contributed by atoms with van der Waals surface area (Å²) in [5.41, 5.74) is 3.47. The van der Waals surface area contributed by atoms with Crippen molar-refractivity contribution in [2.45, 2.75) is 71.2 Å². The average molecular weight is 510 g/mol. The Balaban J connectivity index is 1.67. The summed E-state index contributed by atoms with van der Waals surface area (Å²) in [6.45, 7) is 7.00. The maximum Gasteiger partial charge on any atom is 0.315 e. The summed E-state index contributed by atoms with van der Waals surface area (Å²) >= 11 is 1.56. The number of aromatic nitrogens is 3. The summed E-state index contributed by atoms with van der Waals surface area (Å²) in [6.07, 6.45) is 4.92. The highest BCUT2D eigenvalue weighted by Gasteiger charge is 2.21. The molecule has 0 radical (unpaired) electrons. The molecule has 2 heterocycles. The van der Waals surface area contributed by atoms with Crippen LogP contribution in [0.4, 0.5) is 15.9 Å². The van der Waals surface area contributed by atoms with Gasteiger partial charge in [0.1, 0.15) is 0 Å². The number of carbonyl (C=O) groups is 1. The molecule has 1 aromatic carbocycles. The van der Waals surface area contributed by atoms with Gasteiger partial charge >= 0.3 is 6.03 Å². The van der Waals surface area contributed by atoms with E-state index in [0.29, 0.717) is 19.0 Å². The van der Waals surface area contributed by atoms with E-state index in [9.17, 15) is 9.90 Å². The third kappa shape index (κ3) is 6.92. The first-order chi connectivity index (χ1) is 17.4. The molecule has 1 fully saturated rings. The highest BCUT2D eigenvalue weighted by atomic mass is 32.1. The number of nitrogens with zero attached hydrogens (tertiary/aromatic N) is 3. The third-order valence-electron chi connectivity index (χ3n) is 6.00. The molecule has 3 aromatic rings. The van der Waals surface area contributed by atoms with Gasteiger partial charge in [0.05, 0.1) is 22.4 Å². The predicted octanol–water partition coefficient (Wildman–Crippen LogP) is 4.62. The monoisotopic (exact) mass is 509 g/mol. The van der Waals surface area contributed by atoms with Crippen LogP contribution in [0.2, 0.25) is 0 Å². The van der Waals surface area contributed by atoms with Gasteiger partial charge < -0.3 is 26.4 Å². The topological polar surface area (TPSA) is 124 Å². The van der Waals surface area contributed by atoms with Crippen molar-refractivity contribution in [2.24, 2.45) is 0 Å². The summed E-state index contributed by atoms with van der Waals surface area (Å²) < 4.78 is 0. The maximum atomic E-state index is 12.0. The Kier molecular flexibility index (Phi) is 8.71. The molecule has 9 nitrogen and oxygen atoms in total. The van der Waals surface area contributed by atoms with E-state index in [0.717, 1.165) is 58.2 Å². The lowest BCUT2D eigenvalue weighted by Crippen LogP contribution is -2.34. The second kappa shape index (κ2) is 12.1. The minimum absolute atomic E-state index is 0.202. The molecule has 192 valence electrons.